The normalized spacial score (nSPS) is 15.2. The van der Waals surface area contributed by atoms with E-state index in [4.69, 9.17) is 5.73 Å². The molecule has 2 amide bonds. The highest BCUT2D eigenvalue weighted by Gasteiger charge is 2.32. The van der Waals surface area contributed by atoms with Gasteiger partial charge in [-0.3, -0.25) is 9.59 Å². The van der Waals surface area contributed by atoms with Crippen LogP contribution in [0.15, 0.2) is 46.2 Å². The summed E-state index contributed by atoms with van der Waals surface area (Å²) in [4.78, 5) is 23.5. The number of benzene rings is 2. The van der Waals surface area contributed by atoms with Crippen molar-refractivity contribution in [2.24, 2.45) is 5.73 Å². The molecule has 0 atom stereocenters. The first-order valence-corrected chi connectivity index (χ1v) is 7.90. The van der Waals surface area contributed by atoms with Crippen molar-refractivity contribution in [3.05, 3.63) is 53.1 Å². The van der Waals surface area contributed by atoms with Crippen LogP contribution in [-0.4, -0.2) is 20.2 Å². The van der Waals surface area contributed by atoms with Gasteiger partial charge in [-0.2, -0.15) is 0 Å². The molecule has 0 unspecified atom stereocenters. The Hall–Kier alpha value is -2.67. The smallest absolute Gasteiger partial charge is 0.257 e. The minimum atomic E-state index is -3.87. The molecule has 0 aromatic heterocycles. The molecule has 0 saturated carbocycles. The molecule has 112 valence electrons. The monoisotopic (exact) mass is 316 g/mol. The molecule has 1 heterocycles. The van der Waals surface area contributed by atoms with Crippen molar-refractivity contribution < 1.29 is 18.0 Å². The molecular weight excluding hydrogens is 304 g/mol. The number of fused-ring (bicyclic) bond motifs is 2. The lowest BCUT2D eigenvalue weighted by Gasteiger charge is -2.08. The summed E-state index contributed by atoms with van der Waals surface area (Å²) in [7, 11) is -3.87. The quantitative estimate of drug-likeness (QED) is 0.831. The lowest BCUT2D eigenvalue weighted by Crippen LogP contribution is -2.15. The van der Waals surface area contributed by atoms with E-state index < -0.39 is 21.7 Å². The number of aryl methyl sites for hydroxylation is 1. The molecule has 0 radical (unpaired) electrons. The summed E-state index contributed by atoms with van der Waals surface area (Å²) in [6.07, 6.45) is 0. The molecule has 0 fully saturated rings. The molecule has 1 aliphatic heterocycles. The number of nitrogens with two attached hydrogens (primary N) is 1. The van der Waals surface area contributed by atoms with Crippen LogP contribution in [0.4, 0.5) is 5.69 Å². The van der Waals surface area contributed by atoms with Crippen LogP contribution in [0, 0.1) is 6.92 Å². The van der Waals surface area contributed by atoms with Gasteiger partial charge in [0, 0.05) is 5.56 Å². The molecule has 0 bridgehead atoms. The Morgan fingerprint density at radius 2 is 1.86 bits per heavy atom. The number of anilines is 1. The molecule has 7 heteroatoms. The highest BCUT2D eigenvalue weighted by Crippen LogP contribution is 2.35. The Bertz CT molecular complexity index is 933. The molecule has 0 spiro atoms. The molecule has 22 heavy (non-hydrogen) atoms. The van der Waals surface area contributed by atoms with E-state index in [0.717, 1.165) is 0 Å². The number of hydrogen-bond acceptors (Lipinski definition) is 4. The fourth-order valence-corrected chi connectivity index (χ4v) is 4.14. The predicted octanol–water partition coefficient (Wildman–Crippen LogP) is 1.49. The van der Waals surface area contributed by atoms with E-state index in [1.54, 1.807) is 19.1 Å². The molecule has 3 rings (SSSR count). The first kappa shape index (κ1) is 14.3. The second-order valence-corrected chi connectivity index (χ2v) is 6.87. The molecule has 1 aliphatic rings. The summed E-state index contributed by atoms with van der Waals surface area (Å²) >= 11 is 0. The number of carbonyl (C=O) groups is 2. The maximum absolute atomic E-state index is 12.8. The fraction of sp³-hybridized carbons (Fsp3) is 0.0667. The zero-order valence-corrected chi connectivity index (χ0v) is 12.4. The van der Waals surface area contributed by atoms with Crippen molar-refractivity contribution in [3.63, 3.8) is 0 Å². The van der Waals surface area contributed by atoms with E-state index in [1.165, 1.54) is 24.3 Å². The highest BCUT2D eigenvalue weighted by molar-refractivity contribution is 7.91. The van der Waals surface area contributed by atoms with Crippen LogP contribution in [0.1, 0.15) is 26.3 Å². The second kappa shape index (κ2) is 4.67. The number of rotatable bonds is 1. The molecule has 2 aromatic rings. The van der Waals surface area contributed by atoms with E-state index in [9.17, 15) is 18.0 Å². The van der Waals surface area contributed by atoms with Gasteiger partial charge in [0.25, 0.3) is 5.91 Å². The predicted molar refractivity (Wildman–Crippen MR) is 79.5 cm³/mol. The first-order valence-electron chi connectivity index (χ1n) is 6.42. The standard InChI is InChI=1S/C15H12N2O4S/c1-8-3-2-4-12-13(8)15(19)17-10-7-9(14(16)18)5-6-11(10)22(12,20)21/h2-7H,1H3,(H2,16,18)(H,17,19). The zero-order valence-electron chi connectivity index (χ0n) is 11.6. The van der Waals surface area contributed by atoms with Crippen LogP contribution in [0.5, 0.6) is 0 Å². The van der Waals surface area contributed by atoms with Crippen LogP contribution in [0.25, 0.3) is 0 Å². The third-order valence-corrected chi connectivity index (χ3v) is 5.41. The third-order valence-electron chi connectivity index (χ3n) is 3.55. The van der Waals surface area contributed by atoms with E-state index >= 15 is 0 Å². The largest absolute Gasteiger partial charge is 0.366 e. The highest BCUT2D eigenvalue weighted by atomic mass is 32.2. The summed E-state index contributed by atoms with van der Waals surface area (Å²) in [6.45, 7) is 1.67. The van der Waals surface area contributed by atoms with Crippen molar-refractivity contribution in [1.29, 1.82) is 0 Å². The van der Waals surface area contributed by atoms with E-state index in [1.807, 2.05) is 0 Å². The Balaban J connectivity index is 2.36. The summed E-state index contributed by atoms with van der Waals surface area (Å²) < 4.78 is 25.6. The second-order valence-electron chi connectivity index (χ2n) is 4.98. The number of primary amides is 1. The van der Waals surface area contributed by atoms with Gasteiger partial charge in [0.1, 0.15) is 0 Å². The van der Waals surface area contributed by atoms with Gasteiger partial charge in [-0.15, -0.1) is 0 Å². The van der Waals surface area contributed by atoms with Gasteiger partial charge in [-0.1, -0.05) is 12.1 Å². The average molecular weight is 316 g/mol. The lowest BCUT2D eigenvalue weighted by molar-refractivity contribution is 0.0995. The van der Waals surface area contributed by atoms with Gasteiger partial charge >= 0.3 is 0 Å². The maximum Gasteiger partial charge on any atom is 0.257 e. The van der Waals surface area contributed by atoms with E-state index in [2.05, 4.69) is 5.32 Å². The van der Waals surface area contributed by atoms with Gasteiger partial charge in [0.05, 0.1) is 21.0 Å². The van der Waals surface area contributed by atoms with Gasteiger partial charge in [0.15, 0.2) is 0 Å². The van der Waals surface area contributed by atoms with Crippen LogP contribution >= 0.6 is 0 Å². The first-order chi connectivity index (χ1) is 10.3. The number of sulfone groups is 1. The zero-order chi connectivity index (χ0) is 16.1. The molecule has 0 aliphatic carbocycles. The Morgan fingerprint density at radius 1 is 1.14 bits per heavy atom. The number of carbonyl (C=O) groups excluding carboxylic acids is 2. The summed E-state index contributed by atoms with van der Waals surface area (Å²) in [5, 5.41) is 2.54. The van der Waals surface area contributed by atoms with Crippen LogP contribution in [-0.2, 0) is 9.84 Å². The summed E-state index contributed by atoms with van der Waals surface area (Å²) in [5.74, 6) is -1.23. The Labute approximate surface area is 126 Å². The molecule has 2 aromatic carbocycles. The number of nitrogens with one attached hydrogen (secondary N) is 1. The lowest BCUT2D eigenvalue weighted by atomic mass is 10.1. The van der Waals surface area contributed by atoms with Crippen molar-refractivity contribution >= 4 is 27.3 Å². The number of hydrogen-bond donors (Lipinski definition) is 2. The van der Waals surface area contributed by atoms with Crippen molar-refractivity contribution in [1.82, 2.24) is 0 Å². The molecule has 3 N–H and O–H groups in total. The summed E-state index contributed by atoms with van der Waals surface area (Å²) in [6, 6.07) is 8.53. The maximum atomic E-state index is 12.8. The van der Waals surface area contributed by atoms with Crippen molar-refractivity contribution in [2.75, 3.05) is 5.32 Å². The van der Waals surface area contributed by atoms with E-state index in [-0.39, 0.29) is 26.6 Å². The van der Waals surface area contributed by atoms with Gasteiger partial charge in [-0.25, -0.2) is 8.42 Å². The SMILES string of the molecule is Cc1cccc2c1C(=O)Nc1cc(C(N)=O)ccc1S2(=O)=O. The minimum absolute atomic E-state index is 0.0458. The van der Waals surface area contributed by atoms with Gasteiger partial charge in [0.2, 0.25) is 15.7 Å². The van der Waals surface area contributed by atoms with Crippen LogP contribution < -0.4 is 11.1 Å². The third kappa shape index (κ3) is 1.98. The van der Waals surface area contributed by atoms with Crippen molar-refractivity contribution in [2.45, 2.75) is 16.7 Å². The Morgan fingerprint density at radius 3 is 2.55 bits per heavy atom. The molecule has 0 saturated heterocycles. The average Bonchev–Trinajstić information content (AvgIpc) is 2.53. The van der Waals surface area contributed by atoms with E-state index in [0.29, 0.717) is 5.56 Å². The molecular formula is C15H12N2O4S. The topological polar surface area (TPSA) is 106 Å². The molecule has 6 nitrogen and oxygen atoms in total. The fourth-order valence-electron chi connectivity index (χ4n) is 2.47. The van der Waals surface area contributed by atoms with Crippen LogP contribution in [0.2, 0.25) is 0 Å². The Kier molecular flexibility index (Phi) is 3.03. The van der Waals surface area contributed by atoms with Gasteiger partial charge < -0.3 is 11.1 Å². The van der Waals surface area contributed by atoms with Gasteiger partial charge in [-0.05, 0) is 36.8 Å². The minimum Gasteiger partial charge on any atom is -0.366 e. The number of amides is 2. The van der Waals surface area contributed by atoms with Crippen LogP contribution in [0.3, 0.4) is 0 Å². The van der Waals surface area contributed by atoms with Crippen molar-refractivity contribution in [3.8, 4) is 0 Å². The summed E-state index contributed by atoms with van der Waals surface area (Å²) in [5.41, 5.74) is 6.04.